The number of hydrogen-bond acceptors (Lipinski definition) is 8. The smallest absolute Gasteiger partial charge is 0.410 e. The zero-order valence-electron chi connectivity index (χ0n) is 20.7. The number of methoxy groups -OCH3 is 2. The first-order valence-corrected chi connectivity index (χ1v) is 11.4. The fourth-order valence-electron chi connectivity index (χ4n) is 3.97. The predicted molar refractivity (Wildman–Crippen MR) is 131 cm³/mol. The SMILES string of the molecule is COc1cc(C#Cc2nn(CC3CCN(C(=O)OC(C)(C)C)C3)c3ncnc(N)c23)cc(OC)c1. The van der Waals surface area contributed by atoms with Crippen molar-refractivity contribution in [3.05, 3.63) is 35.8 Å². The maximum Gasteiger partial charge on any atom is 0.410 e. The molecule has 0 bridgehead atoms. The topological polar surface area (TPSA) is 118 Å². The number of amides is 1. The Balaban J connectivity index is 1.59. The van der Waals surface area contributed by atoms with Gasteiger partial charge in [-0.3, -0.25) is 0 Å². The lowest BCUT2D eigenvalue weighted by atomic mass is 10.1. The highest BCUT2D eigenvalue weighted by Gasteiger charge is 2.30. The summed E-state index contributed by atoms with van der Waals surface area (Å²) in [6, 6.07) is 5.42. The van der Waals surface area contributed by atoms with E-state index in [0.717, 1.165) is 6.42 Å². The lowest BCUT2D eigenvalue weighted by Gasteiger charge is -2.24. The number of aromatic nitrogens is 4. The molecule has 2 aromatic heterocycles. The second kappa shape index (κ2) is 9.70. The summed E-state index contributed by atoms with van der Waals surface area (Å²) < 4.78 is 18.0. The minimum absolute atomic E-state index is 0.199. The number of rotatable bonds is 4. The molecule has 1 fully saturated rings. The fourth-order valence-corrected chi connectivity index (χ4v) is 3.97. The Hall–Kier alpha value is -4.00. The molecule has 184 valence electrons. The number of nitrogen functional groups attached to an aromatic ring is 1. The highest BCUT2D eigenvalue weighted by atomic mass is 16.6. The van der Waals surface area contributed by atoms with Crippen LogP contribution >= 0.6 is 0 Å². The Morgan fingerprint density at radius 2 is 1.86 bits per heavy atom. The molecule has 1 atom stereocenters. The van der Waals surface area contributed by atoms with Crippen molar-refractivity contribution in [1.29, 1.82) is 0 Å². The largest absolute Gasteiger partial charge is 0.497 e. The molecule has 10 heteroatoms. The maximum atomic E-state index is 12.4. The Morgan fingerprint density at radius 1 is 1.14 bits per heavy atom. The minimum Gasteiger partial charge on any atom is -0.497 e. The number of fused-ring (bicyclic) bond motifs is 1. The monoisotopic (exact) mass is 478 g/mol. The van der Waals surface area contributed by atoms with Crippen molar-refractivity contribution in [2.24, 2.45) is 5.92 Å². The summed E-state index contributed by atoms with van der Waals surface area (Å²) in [5.74, 6) is 8.02. The van der Waals surface area contributed by atoms with Crippen LogP contribution in [0.5, 0.6) is 11.5 Å². The lowest BCUT2D eigenvalue weighted by molar-refractivity contribution is 0.0287. The molecule has 3 aromatic rings. The summed E-state index contributed by atoms with van der Waals surface area (Å²) in [6.45, 7) is 7.39. The summed E-state index contributed by atoms with van der Waals surface area (Å²) in [4.78, 5) is 22.7. The van der Waals surface area contributed by atoms with Gasteiger partial charge in [-0.05, 0) is 51.2 Å². The van der Waals surface area contributed by atoms with Crippen molar-refractivity contribution >= 4 is 22.9 Å². The van der Waals surface area contributed by atoms with Crippen LogP contribution in [-0.2, 0) is 11.3 Å². The Bertz CT molecular complexity index is 1280. The van der Waals surface area contributed by atoms with Crippen LogP contribution in [0.3, 0.4) is 0 Å². The van der Waals surface area contributed by atoms with Crippen LogP contribution in [0, 0.1) is 17.8 Å². The van der Waals surface area contributed by atoms with Crippen LogP contribution < -0.4 is 15.2 Å². The summed E-state index contributed by atoms with van der Waals surface area (Å²) in [5, 5.41) is 5.31. The van der Waals surface area contributed by atoms with Crippen LogP contribution in [0.1, 0.15) is 38.4 Å². The van der Waals surface area contributed by atoms with Crippen LogP contribution in [0.2, 0.25) is 0 Å². The lowest BCUT2D eigenvalue weighted by Crippen LogP contribution is -2.35. The third-order valence-electron chi connectivity index (χ3n) is 5.60. The zero-order valence-corrected chi connectivity index (χ0v) is 20.7. The van der Waals surface area contributed by atoms with Crippen molar-refractivity contribution in [2.45, 2.75) is 39.3 Å². The molecule has 10 nitrogen and oxygen atoms in total. The van der Waals surface area contributed by atoms with E-state index in [0.29, 0.717) is 59.2 Å². The predicted octanol–water partition coefficient (Wildman–Crippen LogP) is 3.08. The molecule has 35 heavy (non-hydrogen) atoms. The van der Waals surface area contributed by atoms with Gasteiger partial charge in [0.25, 0.3) is 0 Å². The average molecular weight is 479 g/mol. The molecule has 3 heterocycles. The van der Waals surface area contributed by atoms with Gasteiger partial charge in [0, 0.05) is 31.3 Å². The van der Waals surface area contributed by atoms with Gasteiger partial charge in [0.1, 0.15) is 34.9 Å². The number of benzene rings is 1. The zero-order chi connectivity index (χ0) is 25.2. The van der Waals surface area contributed by atoms with Gasteiger partial charge >= 0.3 is 6.09 Å². The van der Waals surface area contributed by atoms with Crippen molar-refractivity contribution in [3.8, 4) is 23.3 Å². The van der Waals surface area contributed by atoms with Crippen LogP contribution in [0.15, 0.2) is 24.5 Å². The average Bonchev–Trinajstić information content (AvgIpc) is 3.42. The van der Waals surface area contributed by atoms with Gasteiger partial charge in [0.15, 0.2) is 5.65 Å². The molecule has 0 saturated carbocycles. The molecular weight excluding hydrogens is 448 g/mol. The highest BCUT2D eigenvalue weighted by molar-refractivity contribution is 5.90. The molecule has 1 aromatic carbocycles. The maximum absolute atomic E-state index is 12.4. The number of carbonyl (C=O) groups excluding carboxylic acids is 1. The second-order valence-electron chi connectivity index (χ2n) is 9.42. The quantitative estimate of drug-likeness (QED) is 0.569. The van der Waals surface area contributed by atoms with E-state index in [-0.39, 0.29) is 12.0 Å². The van der Waals surface area contributed by atoms with E-state index in [1.54, 1.807) is 29.9 Å². The third kappa shape index (κ3) is 5.57. The minimum atomic E-state index is -0.526. The van der Waals surface area contributed by atoms with Gasteiger partial charge in [0.05, 0.1) is 19.6 Å². The first-order valence-electron chi connectivity index (χ1n) is 11.4. The van der Waals surface area contributed by atoms with Crippen LogP contribution in [0.25, 0.3) is 11.0 Å². The number of nitrogens with two attached hydrogens (primary N) is 1. The van der Waals surface area contributed by atoms with E-state index in [1.807, 2.05) is 32.9 Å². The van der Waals surface area contributed by atoms with Crippen molar-refractivity contribution in [3.63, 3.8) is 0 Å². The molecule has 0 radical (unpaired) electrons. The van der Waals surface area contributed by atoms with E-state index in [2.05, 4.69) is 21.8 Å². The van der Waals surface area contributed by atoms with Crippen molar-refractivity contribution < 1.29 is 19.0 Å². The molecule has 1 aliphatic heterocycles. The van der Waals surface area contributed by atoms with E-state index >= 15 is 0 Å². The summed E-state index contributed by atoms with van der Waals surface area (Å²) in [5.41, 5.74) is 7.46. The number of nitrogens with zero attached hydrogens (tertiary/aromatic N) is 5. The Labute approximate surface area is 204 Å². The van der Waals surface area contributed by atoms with E-state index in [4.69, 9.17) is 25.0 Å². The van der Waals surface area contributed by atoms with Crippen molar-refractivity contribution in [2.75, 3.05) is 33.0 Å². The van der Waals surface area contributed by atoms with Gasteiger partial charge in [-0.2, -0.15) is 5.10 Å². The first kappa shape index (κ1) is 24.1. The number of carbonyl (C=O) groups is 1. The molecule has 2 N–H and O–H groups in total. The molecule has 1 unspecified atom stereocenters. The van der Waals surface area contributed by atoms with Crippen molar-refractivity contribution in [1.82, 2.24) is 24.6 Å². The summed E-state index contributed by atoms with van der Waals surface area (Å²) in [6.07, 6.45) is 1.96. The first-order chi connectivity index (χ1) is 16.7. The Kier molecular flexibility index (Phi) is 6.69. The third-order valence-corrected chi connectivity index (χ3v) is 5.60. The molecule has 4 rings (SSSR count). The molecule has 1 aliphatic rings. The van der Waals surface area contributed by atoms with Crippen LogP contribution in [-0.4, -0.2) is 63.7 Å². The highest BCUT2D eigenvalue weighted by Crippen LogP contribution is 2.26. The molecule has 0 aliphatic carbocycles. The van der Waals surface area contributed by atoms with Gasteiger partial charge < -0.3 is 24.8 Å². The summed E-state index contributed by atoms with van der Waals surface area (Å²) >= 11 is 0. The van der Waals surface area contributed by atoms with E-state index in [9.17, 15) is 4.79 Å². The summed E-state index contributed by atoms with van der Waals surface area (Å²) in [7, 11) is 3.18. The fraction of sp³-hybridized carbons (Fsp3) is 0.440. The Morgan fingerprint density at radius 3 is 2.51 bits per heavy atom. The van der Waals surface area contributed by atoms with Gasteiger partial charge in [-0.15, -0.1) is 0 Å². The number of anilines is 1. The van der Waals surface area contributed by atoms with E-state index in [1.165, 1.54) is 6.33 Å². The molecule has 1 saturated heterocycles. The standard InChI is InChI=1S/C25H30N6O4/c1-25(2,3)35-24(32)30-9-8-17(13-30)14-31-23-21(22(26)27-15-28-23)20(29-31)7-6-16-10-18(33-4)12-19(11-16)34-5/h10-12,15,17H,8-9,13-14H2,1-5H3,(H2,26,27,28). The van der Waals surface area contributed by atoms with E-state index < -0.39 is 5.60 Å². The number of ether oxygens (including phenoxy) is 3. The van der Waals surface area contributed by atoms with Gasteiger partial charge in [0.2, 0.25) is 0 Å². The van der Waals surface area contributed by atoms with Crippen LogP contribution in [0.4, 0.5) is 10.6 Å². The number of hydrogen-bond donors (Lipinski definition) is 1. The molecular formula is C25H30N6O4. The molecule has 1 amide bonds. The number of likely N-dealkylation sites (tertiary alicyclic amines) is 1. The molecule has 0 spiro atoms. The normalized spacial score (nSPS) is 15.6. The second-order valence-corrected chi connectivity index (χ2v) is 9.42. The van der Waals surface area contributed by atoms with Gasteiger partial charge in [-0.1, -0.05) is 5.92 Å². The van der Waals surface area contributed by atoms with Gasteiger partial charge in [-0.25, -0.2) is 19.4 Å².